The van der Waals surface area contributed by atoms with Crippen molar-refractivity contribution >= 4 is 16.2 Å². The molecule has 0 N–H and O–H groups in total. The van der Waals surface area contributed by atoms with Gasteiger partial charge < -0.3 is 9.29 Å². The molecule has 0 amide bonds. The molecule has 164 valence electrons. The Hall–Kier alpha value is -1.34. The van der Waals surface area contributed by atoms with Crippen LogP contribution >= 0.6 is 0 Å². The van der Waals surface area contributed by atoms with Crippen LogP contribution in [0.15, 0.2) is 52.9 Å². The number of para-hydroxylation sites is 1. The van der Waals surface area contributed by atoms with E-state index in [0.29, 0.717) is 0 Å². The molecule has 0 heterocycles. The summed E-state index contributed by atoms with van der Waals surface area (Å²) in [6.07, 6.45) is 0.718. The molecule has 0 saturated carbocycles. The van der Waals surface area contributed by atoms with Crippen molar-refractivity contribution in [3.05, 3.63) is 65.2 Å². The second kappa shape index (κ2) is 12.0. The predicted octanol–water partition coefficient (Wildman–Crippen LogP) is 2.15. The van der Waals surface area contributed by atoms with Crippen LogP contribution in [-0.2, 0) is 10.3 Å². The smallest absolute Gasteiger partial charge is 0.861 e. The van der Waals surface area contributed by atoms with Gasteiger partial charge in [0.1, 0.15) is 0 Å². The number of hydrogen-bond acceptors (Lipinski definition) is 4. The molecule has 0 bridgehead atoms. The summed E-state index contributed by atoms with van der Waals surface area (Å²) in [6.45, 7) is 11.8. The molecule has 0 spiro atoms. The van der Waals surface area contributed by atoms with E-state index in [1.807, 2.05) is 90.1 Å². The van der Waals surface area contributed by atoms with Crippen molar-refractivity contribution in [1.29, 1.82) is 0 Å². The first-order valence-electron chi connectivity index (χ1n) is 10.5. The fraction of sp³-hybridized carbons (Fsp3) is 0.458. The molecule has 0 aromatic heterocycles. The second-order valence-electron chi connectivity index (χ2n) is 8.29. The summed E-state index contributed by atoms with van der Waals surface area (Å²) in [5, 5.41) is 13.0. The fourth-order valence-corrected chi connectivity index (χ4v) is 4.25. The minimum Gasteiger partial charge on any atom is -0.861 e. The van der Waals surface area contributed by atoms with Gasteiger partial charge in [-0.3, -0.25) is 0 Å². The first-order chi connectivity index (χ1) is 14.1. The molecule has 0 aliphatic rings. The van der Waals surface area contributed by atoms with Crippen LogP contribution in [0.25, 0.3) is 0 Å². The van der Waals surface area contributed by atoms with Gasteiger partial charge in [0.25, 0.3) is 0 Å². The molecule has 2 unspecified atom stereocenters. The maximum atomic E-state index is 13.0. The Bertz CT molecular complexity index is 946. The zero-order valence-electron chi connectivity index (χ0n) is 19.6. The molecule has 2 rings (SSSR count). The van der Waals surface area contributed by atoms with Crippen LogP contribution in [0.1, 0.15) is 82.4 Å². The van der Waals surface area contributed by atoms with Crippen LogP contribution in [-0.4, -0.2) is 14.3 Å². The molecule has 31 heavy (non-hydrogen) atoms. The Balaban J connectivity index is 0.00000480. The van der Waals surface area contributed by atoms with Crippen molar-refractivity contribution in [1.82, 2.24) is 0 Å². The van der Waals surface area contributed by atoms with Gasteiger partial charge in [0.15, 0.2) is 5.75 Å². The van der Waals surface area contributed by atoms with Gasteiger partial charge in [0.2, 0.25) is 0 Å². The van der Waals surface area contributed by atoms with E-state index in [1.54, 1.807) is 0 Å². The van der Waals surface area contributed by atoms with Crippen LogP contribution in [0.4, 0.5) is 0 Å². The third-order valence-electron chi connectivity index (χ3n) is 5.35. The molecule has 2 aromatic rings. The van der Waals surface area contributed by atoms with Gasteiger partial charge in [-0.1, -0.05) is 96.5 Å². The van der Waals surface area contributed by atoms with Crippen molar-refractivity contribution < 1.29 is 47.3 Å². The Morgan fingerprint density at radius 1 is 0.935 bits per heavy atom. The summed E-state index contributed by atoms with van der Waals surface area (Å²) in [4.78, 5) is 0. The quantitative estimate of drug-likeness (QED) is 0.331. The average molecular weight is 454 g/mol. The van der Waals surface area contributed by atoms with Gasteiger partial charge in [-0.2, -0.15) is 8.42 Å². The van der Waals surface area contributed by atoms with E-state index in [0.717, 1.165) is 23.1 Å². The second-order valence-corrected chi connectivity index (χ2v) is 9.49. The van der Waals surface area contributed by atoms with Crippen LogP contribution in [0.3, 0.4) is 0 Å². The van der Waals surface area contributed by atoms with Crippen molar-refractivity contribution in [2.24, 2.45) is 10.3 Å². The molecule has 0 aliphatic carbocycles. The maximum Gasteiger partial charge on any atom is 1.00 e. The summed E-state index contributed by atoms with van der Waals surface area (Å²) in [6, 6.07) is 14.7. The van der Waals surface area contributed by atoms with E-state index in [4.69, 9.17) is 4.18 Å². The minimum atomic E-state index is -4.47. The van der Waals surface area contributed by atoms with Crippen molar-refractivity contribution in [3.63, 3.8) is 0 Å². The number of nitrogens with zero attached hydrogens (tertiary/aromatic N) is 1. The third-order valence-corrected chi connectivity index (χ3v) is 6.13. The van der Waals surface area contributed by atoms with Gasteiger partial charge >= 0.3 is 39.9 Å². The van der Waals surface area contributed by atoms with E-state index in [1.165, 1.54) is 0 Å². The number of rotatable bonds is 9. The van der Waals surface area contributed by atoms with Gasteiger partial charge in [-0.25, -0.2) is 0 Å². The zero-order chi connectivity index (χ0) is 22.5. The molecule has 5 nitrogen and oxygen atoms in total. The van der Waals surface area contributed by atoms with E-state index in [2.05, 4.69) is 4.40 Å². The third kappa shape index (κ3) is 7.35. The molecular formula is C24H32NNaO4S. The molecule has 0 fully saturated rings. The standard InChI is InChI=1S/C24H33NO4S.Na/c1-7-18(6)22(19-12-9-8-10-13-19)24(26)25-30(27,28)29-23-20(16(2)3)14-11-15-21(23)17(4)5;/h8-18,22H,7H2,1-6H3,(H,25,26);/q;+1/p-1. The largest absolute Gasteiger partial charge is 1.00 e. The Kier molecular flexibility index (Phi) is 10.8. The summed E-state index contributed by atoms with van der Waals surface area (Å²) in [5.41, 5.74) is 2.30. The summed E-state index contributed by atoms with van der Waals surface area (Å²) >= 11 is 0. The first-order valence-corrected chi connectivity index (χ1v) is 11.8. The SMILES string of the molecule is CCC(C)C(/C([O-])=N\S(=O)(=O)Oc1c(C(C)C)cccc1C(C)C)c1ccccc1.[Na+]. The molecule has 0 aliphatic heterocycles. The average Bonchev–Trinajstić information content (AvgIpc) is 2.67. The monoisotopic (exact) mass is 453 g/mol. The molecule has 0 radical (unpaired) electrons. The topological polar surface area (TPSA) is 78.8 Å². The van der Waals surface area contributed by atoms with Gasteiger partial charge in [-0.05, 0) is 40.3 Å². The Morgan fingerprint density at radius 3 is 1.90 bits per heavy atom. The zero-order valence-corrected chi connectivity index (χ0v) is 22.4. The van der Waals surface area contributed by atoms with Gasteiger partial charge in [-0.15, -0.1) is 4.40 Å². The minimum absolute atomic E-state index is 0. The van der Waals surface area contributed by atoms with Crippen molar-refractivity contribution in [2.45, 2.75) is 65.7 Å². The Morgan fingerprint density at radius 2 is 1.45 bits per heavy atom. The van der Waals surface area contributed by atoms with Gasteiger partial charge in [0, 0.05) is 5.92 Å². The maximum absolute atomic E-state index is 13.0. The fourth-order valence-electron chi connectivity index (χ4n) is 3.48. The van der Waals surface area contributed by atoms with Crippen LogP contribution in [0.2, 0.25) is 0 Å². The van der Waals surface area contributed by atoms with E-state index < -0.39 is 22.1 Å². The summed E-state index contributed by atoms with van der Waals surface area (Å²) in [5.74, 6) is -1.02. The van der Waals surface area contributed by atoms with E-state index in [9.17, 15) is 13.5 Å². The molecular weight excluding hydrogens is 421 g/mol. The van der Waals surface area contributed by atoms with E-state index in [-0.39, 0.29) is 53.1 Å². The summed E-state index contributed by atoms with van der Waals surface area (Å²) in [7, 11) is -4.47. The molecule has 0 saturated heterocycles. The van der Waals surface area contributed by atoms with Gasteiger partial charge in [0.05, 0.1) is 0 Å². The van der Waals surface area contributed by atoms with Crippen LogP contribution in [0.5, 0.6) is 5.75 Å². The van der Waals surface area contributed by atoms with Crippen LogP contribution in [0, 0.1) is 5.92 Å². The number of hydrogen-bond donors (Lipinski definition) is 0. The van der Waals surface area contributed by atoms with Crippen molar-refractivity contribution in [3.8, 4) is 5.75 Å². The number of benzene rings is 2. The normalized spacial score (nSPS) is 14.3. The van der Waals surface area contributed by atoms with E-state index >= 15 is 0 Å². The molecule has 7 heteroatoms. The molecule has 2 atom stereocenters. The Labute approximate surface area is 209 Å². The summed E-state index contributed by atoms with van der Waals surface area (Å²) < 4.78 is 34.6. The molecule has 2 aromatic carbocycles. The van der Waals surface area contributed by atoms with Crippen LogP contribution < -0.4 is 38.8 Å². The predicted molar refractivity (Wildman–Crippen MR) is 120 cm³/mol. The van der Waals surface area contributed by atoms with Crippen molar-refractivity contribution in [2.75, 3.05) is 0 Å². The first kappa shape index (κ1) is 27.7.